The summed E-state index contributed by atoms with van der Waals surface area (Å²) in [5.74, 6) is 0.846. The normalized spacial score (nSPS) is 15.2. The van der Waals surface area contributed by atoms with Gasteiger partial charge in [0.25, 0.3) is 0 Å². The Balaban J connectivity index is 2.22. The van der Waals surface area contributed by atoms with E-state index in [2.05, 4.69) is 15.3 Å². The highest BCUT2D eigenvalue weighted by Gasteiger charge is 2.28. The quantitative estimate of drug-likeness (QED) is 0.917. The first kappa shape index (κ1) is 14.0. The zero-order valence-corrected chi connectivity index (χ0v) is 10.7. The van der Waals surface area contributed by atoms with Gasteiger partial charge < -0.3 is 10.1 Å². The molecule has 1 aliphatic rings. The van der Waals surface area contributed by atoms with Crippen molar-refractivity contribution in [2.24, 2.45) is 0 Å². The molecule has 0 saturated heterocycles. The van der Waals surface area contributed by atoms with Crippen molar-refractivity contribution in [3.8, 4) is 0 Å². The van der Waals surface area contributed by atoms with Crippen LogP contribution >= 0.6 is 0 Å². The van der Waals surface area contributed by atoms with E-state index >= 15 is 0 Å². The van der Waals surface area contributed by atoms with Crippen LogP contribution in [0.15, 0.2) is 0 Å². The number of nitrogens with zero attached hydrogens (tertiary/aromatic N) is 2. The first-order chi connectivity index (χ1) is 8.99. The van der Waals surface area contributed by atoms with Crippen molar-refractivity contribution in [3.05, 3.63) is 17.1 Å². The summed E-state index contributed by atoms with van der Waals surface area (Å²) in [7, 11) is 0. The first-order valence-corrected chi connectivity index (χ1v) is 6.26. The standard InChI is InChI=1S/C12H16F3N3O/c1-2-16-11-8-7-19-6-4-9(8)17-10(18-11)3-5-12(13,14)15/h2-7H2,1H3,(H,16,17,18). The van der Waals surface area contributed by atoms with E-state index in [0.717, 1.165) is 11.3 Å². The summed E-state index contributed by atoms with van der Waals surface area (Å²) in [6.07, 6.45) is -4.64. The summed E-state index contributed by atoms with van der Waals surface area (Å²) in [6.45, 7) is 3.53. The van der Waals surface area contributed by atoms with E-state index in [1.807, 2.05) is 6.92 Å². The van der Waals surface area contributed by atoms with Crippen molar-refractivity contribution in [3.63, 3.8) is 0 Å². The lowest BCUT2D eigenvalue weighted by atomic mass is 10.1. The molecule has 0 saturated carbocycles. The molecule has 0 aliphatic carbocycles. The van der Waals surface area contributed by atoms with Gasteiger partial charge in [-0.15, -0.1) is 0 Å². The molecule has 0 atom stereocenters. The second kappa shape index (κ2) is 5.73. The van der Waals surface area contributed by atoms with Crippen LogP contribution in [-0.2, 0) is 24.2 Å². The summed E-state index contributed by atoms with van der Waals surface area (Å²) >= 11 is 0. The fourth-order valence-corrected chi connectivity index (χ4v) is 1.96. The van der Waals surface area contributed by atoms with E-state index < -0.39 is 12.6 Å². The Morgan fingerprint density at radius 1 is 1.32 bits per heavy atom. The molecule has 0 aromatic carbocycles. The van der Waals surface area contributed by atoms with Crippen LogP contribution in [0.4, 0.5) is 19.0 Å². The van der Waals surface area contributed by atoms with Crippen LogP contribution in [-0.4, -0.2) is 29.3 Å². The molecule has 0 unspecified atom stereocenters. The SMILES string of the molecule is CCNc1nc(CCC(F)(F)F)nc2c1COCC2. The van der Waals surface area contributed by atoms with Crippen LogP contribution in [0.3, 0.4) is 0 Å². The molecule has 19 heavy (non-hydrogen) atoms. The summed E-state index contributed by atoms with van der Waals surface area (Å²) in [6, 6.07) is 0. The van der Waals surface area contributed by atoms with Crippen molar-refractivity contribution in [2.45, 2.75) is 39.0 Å². The fraction of sp³-hybridized carbons (Fsp3) is 0.667. The fourth-order valence-electron chi connectivity index (χ4n) is 1.96. The number of nitrogens with one attached hydrogen (secondary N) is 1. The van der Waals surface area contributed by atoms with Gasteiger partial charge in [-0.2, -0.15) is 13.2 Å². The molecular formula is C12H16F3N3O. The Hall–Kier alpha value is -1.37. The molecule has 1 aliphatic heterocycles. The van der Waals surface area contributed by atoms with E-state index in [4.69, 9.17) is 4.74 Å². The van der Waals surface area contributed by atoms with Gasteiger partial charge in [-0.05, 0) is 6.92 Å². The van der Waals surface area contributed by atoms with Crippen molar-refractivity contribution in [1.82, 2.24) is 9.97 Å². The third-order valence-electron chi connectivity index (χ3n) is 2.84. The first-order valence-electron chi connectivity index (χ1n) is 6.26. The van der Waals surface area contributed by atoms with Gasteiger partial charge in [0.1, 0.15) is 11.6 Å². The second-order valence-corrected chi connectivity index (χ2v) is 4.36. The van der Waals surface area contributed by atoms with E-state index in [9.17, 15) is 13.2 Å². The maximum absolute atomic E-state index is 12.2. The lowest BCUT2D eigenvalue weighted by Gasteiger charge is -2.20. The molecular weight excluding hydrogens is 259 g/mol. The van der Waals surface area contributed by atoms with Crippen LogP contribution in [0.25, 0.3) is 0 Å². The Morgan fingerprint density at radius 2 is 2.11 bits per heavy atom. The number of anilines is 1. The number of hydrogen-bond donors (Lipinski definition) is 1. The van der Waals surface area contributed by atoms with Gasteiger partial charge >= 0.3 is 6.18 Å². The minimum atomic E-state index is -4.18. The summed E-state index contributed by atoms with van der Waals surface area (Å²) in [4.78, 5) is 8.40. The third-order valence-corrected chi connectivity index (χ3v) is 2.84. The minimum Gasteiger partial charge on any atom is -0.376 e. The molecule has 0 radical (unpaired) electrons. The number of fused-ring (bicyclic) bond motifs is 1. The molecule has 7 heteroatoms. The molecule has 1 N–H and O–H groups in total. The molecule has 0 spiro atoms. The topological polar surface area (TPSA) is 47.0 Å². The number of rotatable bonds is 4. The number of alkyl halides is 3. The summed E-state index contributed by atoms with van der Waals surface area (Å²) < 4.78 is 42.1. The number of halogens is 3. The maximum atomic E-state index is 12.2. The zero-order valence-electron chi connectivity index (χ0n) is 10.7. The predicted molar refractivity (Wildman–Crippen MR) is 63.9 cm³/mol. The largest absolute Gasteiger partial charge is 0.389 e. The number of aromatic nitrogens is 2. The van der Waals surface area contributed by atoms with Crippen LogP contribution in [0, 0.1) is 0 Å². The van der Waals surface area contributed by atoms with Crippen molar-refractivity contribution in [1.29, 1.82) is 0 Å². The van der Waals surface area contributed by atoms with Gasteiger partial charge in [0.15, 0.2) is 0 Å². The average Bonchev–Trinajstić information content (AvgIpc) is 2.36. The summed E-state index contributed by atoms with van der Waals surface area (Å²) in [5, 5.41) is 3.06. The second-order valence-electron chi connectivity index (χ2n) is 4.36. The van der Waals surface area contributed by atoms with E-state index in [0.29, 0.717) is 32.0 Å². The molecule has 2 heterocycles. The molecule has 106 valence electrons. The van der Waals surface area contributed by atoms with Gasteiger partial charge in [-0.25, -0.2) is 9.97 Å². The molecule has 1 aromatic heterocycles. The van der Waals surface area contributed by atoms with Gasteiger partial charge in [-0.1, -0.05) is 0 Å². The lowest BCUT2D eigenvalue weighted by Crippen LogP contribution is -2.19. The number of aryl methyl sites for hydroxylation is 1. The third kappa shape index (κ3) is 3.79. The number of ether oxygens (including phenoxy) is 1. The van der Waals surface area contributed by atoms with Crippen molar-refractivity contribution in [2.75, 3.05) is 18.5 Å². The van der Waals surface area contributed by atoms with Gasteiger partial charge in [-0.3, -0.25) is 0 Å². The molecule has 2 rings (SSSR count). The van der Waals surface area contributed by atoms with Crippen LogP contribution in [0.1, 0.15) is 30.4 Å². The Bertz CT molecular complexity index is 449. The highest BCUT2D eigenvalue weighted by Crippen LogP contribution is 2.25. The Morgan fingerprint density at radius 3 is 2.79 bits per heavy atom. The molecule has 0 fully saturated rings. The number of hydrogen-bond acceptors (Lipinski definition) is 4. The van der Waals surface area contributed by atoms with Crippen LogP contribution < -0.4 is 5.32 Å². The molecule has 0 amide bonds. The van der Waals surface area contributed by atoms with E-state index in [-0.39, 0.29) is 12.2 Å². The average molecular weight is 275 g/mol. The molecule has 0 bridgehead atoms. The van der Waals surface area contributed by atoms with Crippen LogP contribution in [0.5, 0.6) is 0 Å². The van der Waals surface area contributed by atoms with Crippen LogP contribution in [0.2, 0.25) is 0 Å². The smallest absolute Gasteiger partial charge is 0.376 e. The van der Waals surface area contributed by atoms with Gasteiger partial charge in [0.05, 0.1) is 25.3 Å². The monoisotopic (exact) mass is 275 g/mol. The van der Waals surface area contributed by atoms with E-state index in [1.165, 1.54) is 0 Å². The highest BCUT2D eigenvalue weighted by molar-refractivity contribution is 5.47. The maximum Gasteiger partial charge on any atom is 0.389 e. The minimum absolute atomic E-state index is 0.184. The molecule has 4 nitrogen and oxygen atoms in total. The predicted octanol–water partition coefficient (Wildman–Crippen LogP) is 2.48. The Labute approximate surface area is 109 Å². The van der Waals surface area contributed by atoms with Crippen molar-refractivity contribution >= 4 is 5.82 Å². The van der Waals surface area contributed by atoms with Gasteiger partial charge in [0.2, 0.25) is 0 Å². The Kier molecular flexibility index (Phi) is 4.24. The highest BCUT2D eigenvalue weighted by atomic mass is 19.4. The summed E-state index contributed by atoms with van der Waals surface area (Å²) in [5.41, 5.74) is 1.67. The van der Waals surface area contributed by atoms with E-state index in [1.54, 1.807) is 0 Å². The van der Waals surface area contributed by atoms with Gasteiger partial charge in [0, 0.05) is 24.9 Å². The zero-order chi connectivity index (χ0) is 13.9. The molecule has 1 aromatic rings. The lowest BCUT2D eigenvalue weighted by molar-refractivity contribution is -0.134. The van der Waals surface area contributed by atoms with Crippen molar-refractivity contribution < 1.29 is 17.9 Å².